The number of hydrogen-bond donors (Lipinski definition) is 2. The molecule has 57 heavy (non-hydrogen) atoms. The van der Waals surface area contributed by atoms with Gasteiger partial charge in [0.25, 0.3) is 11.8 Å². The van der Waals surface area contributed by atoms with E-state index in [9.17, 15) is 14.4 Å². The second-order valence-corrected chi connectivity index (χ2v) is 14.1. The first kappa shape index (κ1) is 39.0. The van der Waals surface area contributed by atoms with Gasteiger partial charge in [0.2, 0.25) is 5.91 Å². The topological polar surface area (TPSA) is 157 Å². The molecule has 296 valence electrons. The van der Waals surface area contributed by atoms with Gasteiger partial charge in [-0.3, -0.25) is 24.4 Å². The Morgan fingerprint density at radius 3 is 2.35 bits per heavy atom. The van der Waals surface area contributed by atoms with Gasteiger partial charge in [0, 0.05) is 49.9 Å². The van der Waals surface area contributed by atoms with Crippen molar-refractivity contribution < 1.29 is 33.3 Å². The zero-order chi connectivity index (χ0) is 39.9. The molecule has 0 radical (unpaired) electrons. The first-order chi connectivity index (χ1) is 27.8. The summed E-state index contributed by atoms with van der Waals surface area (Å²) in [6.45, 7) is 4.03. The molecule has 3 heterocycles. The van der Waals surface area contributed by atoms with Gasteiger partial charge in [0.15, 0.2) is 23.0 Å². The van der Waals surface area contributed by atoms with E-state index < -0.39 is 0 Å². The monoisotopic (exact) mass is 772 g/mol. The minimum Gasteiger partial charge on any atom is -0.493 e. The number of methoxy groups -OCH3 is 2. The van der Waals surface area contributed by atoms with Crippen LogP contribution in [0.3, 0.4) is 0 Å². The van der Waals surface area contributed by atoms with Crippen LogP contribution in [0, 0.1) is 0 Å². The third-order valence-electron chi connectivity index (χ3n) is 10.5. The van der Waals surface area contributed by atoms with Crippen molar-refractivity contribution in [1.29, 1.82) is 0 Å². The van der Waals surface area contributed by atoms with E-state index in [1.54, 1.807) is 56.5 Å². The lowest BCUT2D eigenvalue weighted by atomic mass is 9.94. The highest BCUT2D eigenvalue weighted by molar-refractivity contribution is 6.03. The Bertz CT molecular complexity index is 2220. The lowest BCUT2D eigenvalue weighted by Gasteiger charge is -2.34. The average molecular weight is 773 g/mol. The number of ether oxygens (including phenoxy) is 4. The van der Waals surface area contributed by atoms with Crippen molar-refractivity contribution in [3.63, 3.8) is 0 Å². The number of amides is 3. The molecule has 0 aromatic heterocycles. The number of benzene rings is 4. The maximum atomic E-state index is 13.9. The van der Waals surface area contributed by atoms with Gasteiger partial charge in [0.05, 0.1) is 62.5 Å². The molecule has 0 bridgehead atoms. The number of carbonyl (C=O) groups excluding carboxylic acids is 3. The van der Waals surface area contributed by atoms with E-state index in [-0.39, 0.29) is 30.3 Å². The standard InChI is InChI=1S/C44H48N6O7/c1-4-46-36-22-40(38(54-2)20-34(36)43(52)49-15-14-28-12-13-32(18-31(28)26-49)48-42(51)24-45)56-16-8-5-9-17-57-41-23-37-35(21-39(41)55-3)44(53)50-27-30-11-7-6-10-29(30)19-33(50)25-47-37/h4,6-7,10-13,18,20-23,25,33H,5,8-9,14-17,19,24,26-27,45H2,1-3H3,(H,48,51)/b46-4-/t33-/m0/s1. The number of nitrogens with zero attached hydrogens (tertiary/aromatic N) is 4. The molecule has 1 atom stereocenters. The van der Waals surface area contributed by atoms with Crippen LogP contribution in [0.15, 0.2) is 76.7 Å². The van der Waals surface area contributed by atoms with Crippen molar-refractivity contribution in [2.75, 3.05) is 45.8 Å². The molecule has 0 aliphatic carbocycles. The van der Waals surface area contributed by atoms with Gasteiger partial charge in [-0.2, -0.15) is 0 Å². The van der Waals surface area contributed by atoms with Crippen LogP contribution in [0.4, 0.5) is 17.1 Å². The van der Waals surface area contributed by atoms with Crippen LogP contribution in [-0.2, 0) is 30.7 Å². The summed E-state index contributed by atoms with van der Waals surface area (Å²) in [6.07, 6.45) is 7.27. The van der Waals surface area contributed by atoms with Gasteiger partial charge in [-0.15, -0.1) is 0 Å². The summed E-state index contributed by atoms with van der Waals surface area (Å²) in [5.41, 5.74) is 12.6. The highest BCUT2D eigenvalue weighted by atomic mass is 16.5. The lowest BCUT2D eigenvalue weighted by molar-refractivity contribution is -0.114. The average Bonchev–Trinajstić information content (AvgIpc) is 3.36. The van der Waals surface area contributed by atoms with Crippen LogP contribution in [0.25, 0.3) is 0 Å². The van der Waals surface area contributed by atoms with Gasteiger partial charge in [0.1, 0.15) is 0 Å². The quantitative estimate of drug-likeness (QED) is 0.110. The van der Waals surface area contributed by atoms with E-state index in [0.717, 1.165) is 42.4 Å². The van der Waals surface area contributed by atoms with E-state index in [4.69, 9.17) is 29.7 Å². The van der Waals surface area contributed by atoms with Crippen molar-refractivity contribution in [2.24, 2.45) is 15.7 Å². The van der Waals surface area contributed by atoms with Gasteiger partial charge < -0.3 is 39.8 Å². The second kappa shape index (κ2) is 17.7. The summed E-state index contributed by atoms with van der Waals surface area (Å²) in [6, 6.07) is 20.8. The molecule has 3 aliphatic heterocycles. The van der Waals surface area contributed by atoms with Gasteiger partial charge >= 0.3 is 0 Å². The van der Waals surface area contributed by atoms with Crippen LogP contribution < -0.4 is 30.0 Å². The number of unbranched alkanes of at least 4 members (excludes halogenated alkanes) is 2. The zero-order valence-electron chi connectivity index (χ0n) is 32.6. The number of aliphatic imine (C=N–C) groups is 2. The molecule has 0 saturated heterocycles. The van der Waals surface area contributed by atoms with Crippen LogP contribution in [-0.4, -0.2) is 86.5 Å². The molecule has 0 spiro atoms. The van der Waals surface area contributed by atoms with Crippen LogP contribution in [0.5, 0.6) is 23.0 Å². The van der Waals surface area contributed by atoms with E-state index in [1.807, 2.05) is 41.4 Å². The summed E-state index contributed by atoms with van der Waals surface area (Å²) in [7, 11) is 3.12. The number of hydrogen-bond acceptors (Lipinski definition) is 10. The summed E-state index contributed by atoms with van der Waals surface area (Å²) >= 11 is 0. The minimum atomic E-state index is -0.277. The molecular formula is C44H48N6O7. The normalized spacial score (nSPS) is 15.6. The molecule has 13 nitrogen and oxygen atoms in total. The van der Waals surface area contributed by atoms with Crippen molar-refractivity contribution in [3.05, 3.63) is 100 Å². The highest BCUT2D eigenvalue weighted by Gasteiger charge is 2.33. The molecular weight excluding hydrogens is 725 g/mol. The second-order valence-electron chi connectivity index (χ2n) is 14.1. The van der Waals surface area contributed by atoms with Crippen molar-refractivity contribution in [2.45, 2.75) is 58.2 Å². The SMILES string of the molecule is C/C=N\c1cc(OCCCCCOc2cc3c(cc2OC)C(=O)N2Cc4ccccc4C[C@H]2C=N3)c(OC)cc1C(=O)N1CCc2ccc(NC(=O)CN)cc2C1. The predicted octanol–water partition coefficient (Wildman–Crippen LogP) is 6.43. The fraction of sp³-hybridized carbons (Fsp3) is 0.341. The third kappa shape index (κ3) is 8.63. The largest absolute Gasteiger partial charge is 0.493 e. The highest BCUT2D eigenvalue weighted by Crippen LogP contribution is 2.39. The number of nitrogens with two attached hydrogens (primary N) is 1. The molecule has 3 aliphatic rings. The van der Waals surface area contributed by atoms with Gasteiger partial charge in [-0.25, -0.2) is 0 Å². The summed E-state index contributed by atoms with van der Waals surface area (Å²) in [5.74, 6) is 1.45. The van der Waals surface area contributed by atoms with Crippen molar-refractivity contribution in [3.8, 4) is 23.0 Å². The molecule has 0 unspecified atom stereocenters. The molecule has 7 rings (SSSR count). The van der Waals surface area contributed by atoms with Gasteiger partial charge in [-0.1, -0.05) is 30.3 Å². The Morgan fingerprint density at radius 2 is 1.61 bits per heavy atom. The Labute approximate surface area is 332 Å². The molecule has 3 N–H and O–H groups in total. The number of nitrogens with one attached hydrogen (secondary N) is 1. The first-order valence-corrected chi connectivity index (χ1v) is 19.3. The third-order valence-corrected chi connectivity index (χ3v) is 10.5. The molecule has 13 heteroatoms. The van der Waals surface area contributed by atoms with Crippen molar-refractivity contribution >= 4 is 47.2 Å². The Morgan fingerprint density at radius 1 is 0.877 bits per heavy atom. The number of rotatable bonds is 14. The smallest absolute Gasteiger partial charge is 0.257 e. The predicted molar refractivity (Wildman–Crippen MR) is 219 cm³/mol. The zero-order valence-corrected chi connectivity index (χ0v) is 32.6. The van der Waals surface area contributed by atoms with Crippen LogP contribution in [0.1, 0.15) is 69.2 Å². The van der Waals surface area contributed by atoms with Crippen LogP contribution >= 0.6 is 0 Å². The first-order valence-electron chi connectivity index (χ1n) is 19.3. The van der Waals surface area contributed by atoms with E-state index in [0.29, 0.717) is 90.5 Å². The summed E-state index contributed by atoms with van der Waals surface area (Å²) in [5, 5.41) is 2.78. The Kier molecular flexibility index (Phi) is 12.1. The molecule has 3 amide bonds. The number of anilines is 1. The summed E-state index contributed by atoms with van der Waals surface area (Å²) < 4.78 is 23.6. The summed E-state index contributed by atoms with van der Waals surface area (Å²) in [4.78, 5) is 52.3. The molecule has 4 aromatic carbocycles. The Balaban J connectivity index is 0.935. The van der Waals surface area contributed by atoms with E-state index in [2.05, 4.69) is 22.4 Å². The van der Waals surface area contributed by atoms with Crippen molar-refractivity contribution in [1.82, 2.24) is 9.80 Å². The van der Waals surface area contributed by atoms with E-state index in [1.165, 1.54) is 5.56 Å². The fourth-order valence-electron chi connectivity index (χ4n) is 7.50. The lowest BCUT2D eigenvalue weighted by Crippen LogP contribution is -2.44. The maximum Gasteiger partial charge on any atom is 0.257 e. The van der Waals surface area contributed by atoms with E-state index >= 15 is 0 Å². The van der Waals surface area contributed by atoms with Crippen LogP contribution in [0.2, 0.25) is 0 Å². The number of carbonyl (C=O) groups is 3. The van der Waals surface area contributed by atoms with Gasteiger partial charge in [-0.05, 0) is 85.5 Å². The molecule has 0 saturated carbocycles. The number of fused-ring (bicyclic) bond motifs is 4. The minimum absolute atomic E-state index is 0.0714. The fourth-order valence-corrected chi connectivity index (χ4v) is 7.50. The maximum absolute atomic E-state index is 13.9. The molecule has 4 aromatic rings. The Hall–Kier alpha value is -6.21. The molecule has 0 fully saturated rings.